The van der Waals surface area contributed by atoms with Crippen LogP contribution in [0.4, 0.5) is 0 Å². The minimum absolute atomic E-state index is 0.188. The molecule has 1 aromatic heterocycles. The van der Waals surface area contributed by atoms with Crippen LogP contribution in [-0.4, -0.2) is 17.6 Å². The third-order valence-corrected chi connectivity index (χ3v) is 3.91. The quantitative estimate of drug-likeness (QED) is 0.665. The fraction of sp³-hybridized carbons (Fsp3) is 0.200. The zero-order chi connectivity index (χ0) is 16.1. The number of fused-ring (bicyclic) bond motifs is 1. The highest BCUT2D eigenvalue weighted by Gasteiger charge is 2.23. The molecule has 23 heavy (non-hydrogen) atoms. The topological polar surface area (TPSA) is 39.2 Å². The van der Waals surface area contributed by atoms with E-state index in [0.29, 0.717) is 13.0 Å². The maximum atomic E-state index is 12.4. The molecule has 0 aliphatic heterocycles. The van der Waals surface area contributed by atoms with Crippen molar-refractivity contribution in [3.63, 3.8) is 0 Å². The number of hydrogen-bond donors (Lipinski definition) is 0. The molecule has 0 saturated carbocycles. The van der Waals surface area contributed by atoms with Gasteiger partial charge in [-0.2, -0.15) is 0 Å². The summed E-state index contributed by atoms with van der Waals surface area (Å²) in [5.74, 6) is -0.504. The summed E-state index contributed by atoms with van der Waals surface area (Å²) in [5.41, 5.74) is 2.98. The predicted octanol–water partition coefficient (Wildman–Crippen LogP) is 4.12. The number of ether oxygens (including phenoxy) is 1. The first-order valence-electron chi connectivity index (χ1n) is 7.84. The van der Waals surface area contributed by atoms with Crippen molar-refractivity contribution in [1.82, 2.24) is 4.98 Å². The molecule has 1 heterocycles. The Morgan fingerprint density at radius 1 is 1.04 bits per heavy atom. The number of hydrogen-bond acceptors (Lipinski definition) is 3. The molecule has 0 N–H and O–H groups in total. The van der Waals surface area contributed by atoms with Crippen molar-refractivity contribution in [3.8, 4) is 0 Å². The zero-order valence-electron chi connectivity index (χ0n) is 13.1. The monoisotopic (exact) mass is 305 g/mol. The number of pyridine rings is 1. The SMILES string of the molecule is CCOC(=O)C(Cc1cccc2cccnc12)c1ccccc1. The lowest BCUT2D eigenvalue weighted by molar-refractivity contribution is -0.144. The van der Waals surface area contributed by atoms with E-state index in [4.69, 9.17) is 4.74 Å². The van der Waals surface area contributed by atoms with Crippen molar-refractivity contribution in [2.75, 3.05) is 6.61 Å². The van der Waals surface area contributed by atoms with E-state index in [1.165, 1.54) is 0 Å². The van der Waals surface area contributed by atoms with Crippen molar-refractivity contribution in [1.29, 1.82) is 0 Å². The van der Waals surface area contributed by atoms with Crippen LogP contribution in [0.25, 0.3) is 10.9 Å². The molecule has 116 valence electrons. The second-order valence-electron chi connectivity index (χ2n) is 5.41. The molecular formula is C20H19NO2. The van der Waals surface area contributed by atoms with Crippen LogP contribution in [0.15, 0.2) is 66.9 Å². The van der Waals surface area contributed by atoms with Gasteiger partial charge in [0.1, 0.15) is 0 Å². The average molecular weight is 305 g/mol. The molecular weight excluding hydrogens is 286 g/mol. The van der Waals surface area contributed by atoms with Gasteiger partial charge < -0.3 is 4.74 Å². The molecule has 0 spiro atoms. The van der Waals surface area contributed by atoms with Gasteiger partial charge in [-0.05, 0) is 30.5 Å². The summed E-state index contributed by atoms with van der Waals surface area (Å²) in [6, 6.07) is 19.8. The van der Waals surface area contributed by atoms with Gasteiger partial charge in [-0.25, -0.2) is 0 Å². The van der Waals surface area contributed by atoms with Gasteiger partial charge in [0.15, 0.2) is 0 Å². The smallest absolute Gasteiger partial charge is 0.313 e. The lowest BCUT2D eigenvalue weighted by atomic mass is 9.91. The molecule has 1 unspecified atom stereocenters. The van der Waals surface area contributed by atoms with Gasteiger partial charge >= 0.3 is 5.97 Å². The summed E-state index contributed by atoms with van der Waals surface area (Å²) in [5, 5.41) is 1.08. The van der Waals surface area contributed by atoms with Gasteiger partial charge in [0.05, 0.1) is 18.0 Å². The van der Waals surface area contributed by atoms with E-state index >= 15 is 0 Å². The fourth-order valence-corrected chi connectivity index (χ4v) is 2.82. The molecule has 3 nitrogen and oxygen atoms in total. The van der Waals surface area contributed by atoms with Crippen LogP contribution in [-0.2, 0) is 16.0 Å². The average Bonchev–Trinajstić information content (AvgIpc) is 2.60. The van der Waals surface area contributed by atoms with Gasteiger partial charge in [0, 0.05) is 11.6 Å². The van der Waals surface area contributed by atoms with Crippen molar-refractivity contribution in [2.24, 2.45) is 0 Å². The summed E-state index contributed by atoms with van der Waals surface area (Å²) >= 11 is 0. The van der Waals surface area contributed by atoms with E-state index in [-0.39, 0.29) is 11.9 Å². The Morgan fingerprint density at radius 2 is 1.83 bits per heavy atom. The van der Waals surface area contributed by atoms with Gasteiger partial charge in [0.25, 0.3) is 0 Å². The van der Waals surface area contributed by atoms with E-state index in [2.05, 4.69) is 4.98 Å². The van der Waals surface area contributed by atoms with Gasteiger partial charge in [0.2, 0.25) is 0 Å². The summed E-state index contributed by atoms with van der Waals surface area (Å²) in [6.07, 6.45) is 2.37. The zero-order valence-corrected chi connectivity index (χ0v) is 13.1. The number of para-hydroxylation sites is 1. The third kappa shape index (κ3) is 3.39. The summed E-state index contributed by atoms with van der Waals surface area (Å²) in [4.78, 5) is 16.9. The summed E-state index contributed by atoms with van der Waals surface area (Å²) in [6.45, 7) is 2.22. The molecule has 0 radical (unpaired) electrons. The molecule has 0 saturated heterocycles. The van der Waals surface area contributed by atoms with Gasteiger partial charge in [-0.1, -0.05) is 54.6 Å². The third-order valence-electron chi connectivity index (χ3n) is 3.91. The first-order chi connectivity index (χ1) is 11.3. The molecule has 3 rings (SSSR count). The highest BCUT2D eigenvalue weighted by atomic mass is 16.5. The fourth-order valence-electron chi connectivity index (χ4n) is 2.82. The Balaban J connectivity index is 1.99. The second-order valence-corrected chi connectivity index (χ2v) is 5.41. The summed E-state index contributed by atoms with van der Waals surface area (Å²) in [7, 11) is 0. The van der Waals surface area contributed by atoms with Crippen LogP contribution in [0.5, 0.6) is 0 Å². The Labute approximate surface area is 135 Å². The van der Waals surface area contributed by atoms with Crippen LogP contribution in [0.1, 0.15) is 24.0 Å². The van der Waals surface area contributed by atoms with E-state index in [9.17, 15) is 4.79 Å². The van der Waals surface area contributed by atoms with Crippen molar-refractivity contribution < 1.29 is 9.53 Å². The number of esters is 1. The van der Waals surface area contributed by atoms with Crippen LogP contribution in [0, 0.1) is 0 Å². The lowest BCUT2D eigenvalue weighted by Gasteiger charge is -2.17. The van der Waals surface area contributed by atoms with Crippen LogP contribution < -0.4 is 0 Å². The minimum Gasteiger partial charge on any atom is -0.466 e. The van der Waals surface area contributed by atoms with E-state index < -0.39 is 0 Å². The number of carbonyl (C=O) groups is 1. The normalized spacial score (nSPS) is 12.0. The Kier molecular flexibility index (Phi) is 4.67. The van der Waals surface area contributed by atoms with Gasteiger partial charge in [-0.15, -0.1) is 0 Å². The van der Waals surface area contributed by atoms with Crippen LogP contribution in [0.3, 0.4) is 0 Å². The molecule has 0 amide bonds. The van der Waals surface area contributed by atoms with Crippen LogP contribution >= 0.6 is 0 Å². The molecule has 1 atom stereocenters. The molecule has 3 heteroatoms. The van der Waals surface area contributed by atoms with Crippen LogP contribution in [0.2, 0.25) is 0 Å². The van der Waals surface area contributed by atoms with Crippen molar-refractivity contribution in [3.05, 3.63) is 78.0 Å². The second kappa shape index (κ2) is 7.05. The standard InChI is InChI=1S/C20H19NO2/c1-2-23-20(22)18(15-8-4-3-5-9-15)14-17-11-6-10-16-12-7-13-21-19(16)17/h3-13,18H,2,14H2,1H3. The molecule has 0 bridgehead atoms. The Bertz CT molecular complexity index is 794. The largest absolute Gasteiger partial charge is 0.466 e. The minimum atomic E-state index is -0.316. The number of nitrogens with zero attached hydrogens (tertiary/aromatic N) is 1. The van der Waals surface area contributed by atoms with E-state index in [1.807, 2.05) is 67.6 Å². The maximum absolute atomic E-state index is 12.4. The molecule has 0 fully saturated rings. The Morgan fingerprint density at radius 3 is 2.61 bits per heavy atom. The number of carbonyl (C=O) groups excluding carboxylic acids is 1. The molecule has 0 aliphatic rings. The van der Waals surface area contributed by atoms with Crippen molar-refractivity contribution in [2.45, 2.75) is 19.3 Å². The first kappa shape index (κ1) is 15.2. The molecule has 2 aromatic carbocycles. The molecule has 3 aromatic rings. The maximum Gasteiger partial charge on any atom is 0.313 e. The predicted molar refractivity (Wildman–Crippen MR) is 91.3 cm³/mol. The van der Waals surface area contributed by atoms with Gasteiger partial charge in [-0.3, -0.25) is 9.78 Å². The summed E-state index contributed by atoms with van der Waals surface area (Å²) < 4.78 is 5.28. The Hall–Kier alpha value is -2.68. The number of benzene rings is 2. The number of rotatable bonds is 5. The highest BCUT2D eigenvalue weighted by Crippen LogP contribution is 2.26. The number of aromatic nitrogens is 1. The highest BCUT2D eigenvalue weighted by molar-refractivity contribution is 5.84. The molecule has 0 aliphatic carbocycles. The first-order valence-corrected chi connectivity index (χ1v) is 7.84. The van der Waals surface area contributed by atoms with Crippen molar-refractivity contribution >= 4 is 16.9 Å². The van der Waals surface area contributed by atoms with E-state index in [1.54, 1.807) is 6.20 Å². The lowest BCUT2D eigenvalue weighted by Crippen LogP contribution is -2.18. The van der Waals surface area contributed by atoms with E-state index in [0.717, 1.165) is 22.0 Å².